The topological polar surface area (TPSA) is 116 Å². The Bertz CT molecular complexity index is 1550. The number of hydrogen-bond acceptors (Lipinski definition) is 7. The van der Waals surface area contributed by atoms with E-state index in [2.05, 4.69) is 28.5 Å². The Morgan fingerprint density at radius 3 is 2.35 bits per heavy atom. The number of fused-ring (bicyclic) bond motifs is 1. The lowest BCUT2D eigenvalue weighted by molar-refractivity contribution is 0.415. The minimum absolute atomic E-state index is 0.456. The van der Waals surface area contributed by atoms with Crippen LogP contribution < -0.4 is 21.5 Å². The van der Waals surface area contributed by atoms with Gasteiger partial charge in [-0.15, -0.1) is 0 Å². The molecule has 8 nitrogen and oxygen atoms in total. The van der Waals surface area contributed by atoms with Gasteiger partial charge < -0.3 is 21.5 Å². The Kier molecular flexibility index (Phi) is 5.84. The van der Waals surface area contributed by atoms with Crippen molar-refractivity contribution in [2.24, 2.45) is 0 Å². The van der Waals surface area contributed by atoms with Crippen LogP contribution in [0.4, 0.5) is 17.2 Å². The van der Waals surface area contributed by atoms with E-state index in [1.54, 1.807) is 25.4 Å². The maximum absolute atomic E-state index is 6.26. The molecule has 3 aromatic heterocycles. The maximum Gasteiger partial charge on any atom is 0.163 e. The summed E-state index contributed by atoms with van der Waals surface area (Å²) in [7, 11) is 1.66. The van der Waals surface area contributed by atoms with Gasteiger partial charge in [-0.3, -0.25) is 0 Å². The number of nitrogens with two attached hydrogens (primary N) is 2. The van der Waals surface area contributed by atoms with Crippen LogP contribution in [0.2, 0.25) is 0 Å². The minimum atomic E-state index is 0.456. The highest BCUT2D eigenvalue weighted by Gasteiger charge is 2.22. The van der Waals surface area contributed by atoms with Crippen molar-refractivity contribution in [2.45, 2.75) is 31.7 Å². The third kappa shape index (κ3) is 4.20. The monoisotopic (exact) mass is 491 g/mol. The largest absolute Gasteiger partial charge is 0.497 e. The van der Waals surface area contributed by atoms with E-state index in [0.29, 0.717) is 28.8 Å². The van der Waals surface area contributed by atoms with Gasteiger partial charge in [-0.05, 0) is 67.4 Å². The SMILES string of the molecule is COc1ccc(-c2nn3c(NC4CCCC4)cccc3c2-c2ccnc(-c3c(N)cccc3N)n2)cc1. The average molecular weight is 492 g/mol. The summed E-state index contributed by atoms with van der Waals surface area (Å²) >= 11 is 0. The predicted molar refractivity (Wildman–Crippen MR) is 148 cm³/mol. The number of aromatic nitrogens is 4. The van der Waals surface area contributed by atoms with Crippen molar-refractivity contribution in [3.63, 3.8) is 0 Å². The molecule has 0 spiro atoms. The number of anilines is 3. The molecular weight excluding hydrogens is 462 g/mol. The molecule has 3 heterocycles. The van der Waals surface area contributed by atoms with Crippen molar-refractivity contribution in [1.29, 1.82) is 0 Å². The molecule has 6 rings (SSSR count). The summed E-state index contributed by atoms with van der Waals surface area (Å²) in [6, 6.07) is 21.9. The normalized spacial score (nSPS) is 13.8. The van der Waals surface area contributed by atoms with E-state index in [0.717, 1.165) is 39.6 Å². The number of benzene rings is 2. The highest BCUT2D eigenvalue weighted by atomic mass is 16.5. The Morgan fingerprint density at radius 1 is 0.892 bits per heavy atom. The van der Waals surface area contributed by atoms with Gasteiger partial charge in [0.1, 0.15) is 17.3 Å². The second-order valence-electron chi connectivity index (χ2n) is 9.36. The van der Waals surface area contributed by atoms with Gasteiger partial charge in [0.25, 0.3) is 0 Å². The molecule has 0 saturated heterocycles. The summed E-state index contributed by atoms with van der Waals surface area (Å²) in [6.45, 7) is 0. The zero-order valence-corrected chi connectivity index (χ0v) is 20.7. The number of nitrogens with one attached hydrogen (secondary N) is 1. The van der Waals surface area contributed by atoms with Crippen LogP contribution in [0.1, 0.15) is 25.7 Å². The third-order valence-electron chi connectivity index (χ3n) is 6.99. The number of pyridine rings is 1. The van der Waals surface area contributed by atoms with Gasteiger partial charge in [-0.25, -0.2) is 14.5 Å². The standard InChI is InChI=1S/C29H29N7O/c1-37-20-14-12-18(13-15-20)28-27(23-16-17-32-29(34-23)26-21(30)8-4-9-22(26)31)24-10-5-11-25(36(24)35-28)33-19-6-2-3-7-19/h4-5,8-17,19,33H,2-3,6-7,30-31H2,1H3. The number of nitrogen functional groups attached to an aromatic ring is 2. The van der Waals surface area contributed by atoms with Gasteiger partial charge in [0.2, 0.25) is 0 Å². The zero-order chi connectivity index (χ0) is 25.4. The van der Waals surface area contributed by atoms with Crippen LogP contribution in [-0.4, -0.2) is 32.7 Å². The van der Waals surface area contributed by atoms with Gasteiger partial charge in [-0.2, -0.15) is 5.10 Å². The van der Waals surface area contributed by atoms with Crippen LogP contribution in [-0.2, 0) is 0 Å². The number of methoxy groups -OCH3 is 1. The Balaban J connectivity index is 1.55. The van der Waals surface area contributed by atoms with Crippen molar-refractivity contribution in [3.8, 4) is 39.7 Å². The first-order chi connectivity index (χ1) is 18.1. The first-order valence-electron chi connectivity index (χ1n) is 12.5. The van der Waals surface area contributed by atoms with Crippen molar-refractivity contribution in [1.82, 2.24) is 19.6 Å². The lowest BCUT2D eigenvalue weighted by Gasteiger charge is -2.14. The van der Waals surface area contributed by atoms with E-state index < -0.39 is 0 Å². The number of rotatable bonds is 6. The van der Waals surface area contributed by atoms with Crippen LogP contribution in [0.25, 0.3) is 39.4 Å². The lowest BCUT2D eigenvalue weighted by atomic mass is 10.0. The second-order valence-corrected chi connectivity index (χ2v) is 9.36. The fraction of sp³-hybridized carbons (Fsp3) is 0.207. The molecule has 1 fully saturated rings. The van der Waals surface area contributed by atoms with Crippen LogP contribution in [0, 0.1) is 0 Å². The van der Waals surface area contributed by atoms with Crippen LogP contribution in [0.15, 0.2) is 72.9 Å². The van der Waals surface area contributed by atoms with Gasteiger partial charge in [0, 0.05) is 29.2 Å². The predicted octanol–water partition coefficient (Wildman–Crippen LogP) is 5.65. The lowest BCUT2D eigenvalue weighted by Crippen LogP contribution is -2.16. The number of nitrogens with zero attached hydrogens (tertiary/aromatic N) is 4. The van der Waals surface area contributed by atoms with Crippen LogP contribution >= 0.6 is 0 Å². The molecule has 1 aliphatic carbocycles. The Labute approximate surface area is 215 Å². The van der Waals surface area contributed by atoms with Gasteiger partial charge in [0.15, 0.2) is 5.82 Å². The third-order valence-corrected chi connectivity index (χ3v) is 6.99. The summed E-state index contributed by atoms with van der Waals surface area (Å²) < 4.78 is 7.37. The molecule has 186 valence electrons. The molecular formula is C29H29N7O. The van der Waals surface area contributed by atoms with Gasteiger partial charge in [0.05, 0.1) is 29.4 Å². The molecule has 2 aromatic carbocycles. The van der Waals surface area contributed by atoms with Crippen molar-refractivity contribution >= 4 is 22.7 Å². The molecule has 1 saturated carbocycles. The summed E-state index contributed by atoms with van der Waals surface area (Å²) in [5.74, 6) is 2.24. The highest BCUT2D eigenvalue weighted by molar-refractivity contribution is 5.92. The quantitative estimate of drug-likeness (QED) is 0.263. The molecule has 1 aliphatic rings. The molecule has 5 N–H and O–H groups in total. The van der Waals surface area contributed by atoms with Crippen molar-refractivity contribution in [3.05, 3.63) is 72.9 Å². The summed E-state index contributed by atoms with van der Waals surface area (Å²) in [4.78, 5) is 9.45. The Hall–Kier alpha value is -4.59. The molecule has 0 radical (unpaired) electrons. The molecule has 5 aromatic rings. The van der Waals surface area contributed by atoms with E-state index in [1.165, 1.54) is 25.7 Å². The minimum Gasteiger partial charge on any atom is -0.497 e. The Morgan fingerprint density at radius 2 is 1.62 bits per heavy atom. The molecule has 0 bridgehead atoms. The molecule has 0 atom stereocenters. The number of hydrogen-bond donors (Lipinski definition) is 3. The van der Waals surface area contributed by atoms with E-state index in [-0.39, 0.29) is 0 Å². The van der Waals surface area contributed by atoms with Gasteiger partial charge in [-0.1, -0.05) is 25.0 Å². The second kappa shape index (κ2) is 9.46. The average Bonchev–Trinajstić information content (AvgIpc) is 3.57. The summed E-state index contributed by atoms with van der Waals surface area (Å²) in [5, 5.41) is 8.81. The first kappa shape index (κ1) is 22.8. The van der Waals surface area contributed by atoms with Crippen molar-refractivity contribution in [2.75, 3.05) is 23.9 Å². The van der Waals surface area contributed by atoms with E-state index in [9.17, 15) is 0 Å². The van der Waals surface area contributed by atoms with Crippen LogP contribution in [0.5, 0.6) is 5.75 Å². The maximum atomic E-state index is 6.26. The van der Waals surface area contributed by atoms with Crippen molar-refractivity contribution < 1.29 is 4.74 Å². The number of ether oxygens (including phenoxy) is 1. The molecule has 8 heteroatoms. The molecule has 37 heavy (non-hydrogen) atoms. The van der Waals surface area contributed by atoms with E-state index in [4.69, 9.17) is 26.3 Å². The first-order valence-corrected chi connectivity index (χ1v) is 12.5. The fourth-order valence-corrected chi connectivity index (χ4v) is 5.13. The van der Waals surface area contributed by atoms with Gasteiger partial charge >= 0.3 is 0 Å². The van der Waals surface area contributed by atoms with E-state index in [1.807, 2.05) is 40.9 Å². The summed E-state index contributed by atoms with van der Waals surface area (Å²) in [6.07, 6.45) is 6.59. The molecule has 0 unspecified atom stereocenters. The molecule has 0 amide bonds. The smallest absolute Gasteiger partial charge is 0.163 e. The summed E-state index contributed by atoms with van der Waals surface area (Å²) in [5.41, 5.74) is 18.6. The molecule has 0 aliphatic heterocycles. The highest BCUT2D eigenvalue weighted by Crippen LogP contribution is 2.38. The zero-order valence-electron chi connectivity index (χ0n) is 20.7. The van der Waals surface area contributed by atoms with E-state index >= 15 is 0 Å². The van der Waals surface area contributed by atoms with Crippen LogP contribution in [0.3, 0.4) is 0 Å². The fourth-order valence-electron chi connectivity index (χ4n) is 5.13.